The first-order valence-electron chi connectivity index (χ1n) is 9.60. The van der Waals surface area contributed by atoms with Crippen LogP contribution in [0.15, 0.2) is 57.8 Å². The van der Waals surface area contributed by atoms with Gasteiger partial charge in [-0.3, -0.25) is 14.2 Å². The summed E-state index contributed by atoms with van der Waals surface area (Å²) in [6.45, 7) is 5.97. The number of anilines is 1. The predicted molar refractivity (Wildman–Crippen MR) is 130 cm³/mol. The number of halogens is 1. The van der Waals surface area contributed by atoms with Gasteiger partial charge in [0, 0.05) is 0 Å². The maximum absolute atomic E-state index is 13.2. The van der Waals surface area contributed by atoms with Gasteiger partial charge in [-0.05, 0) is 73.2 Å². The third-order valence-corrected chi connectivity index (χ3v) is 7.07. The number of nitrogens with one attached hydrogen (secondary N) is 1. The molecule has 0 aliphatic carbocycles. The first-order chi connectivity index (χ1) is 14.8. The van der Waals surface area contributed by atoms with E-state index in [1.54, 1.807) is 16.7 Å². The number of hydrogen-bond acceptors (Lipinski definition) is 5. The van der Waals surface area contributed by atoms with Gasteiger partial charge in [0.1, 0.15) is 4.70 Å². The average molecular weight is 470 g/mol. The van der Waals surface area contributed by atoms with Gasteiger partial charge in [-0.2, -0.15) is 0 Å². The van der Waals surface area contributed by atoms with Crippen LogP contribution in [0.5, 0.6) is 0 Å². The van der Waals surface area contributed by atoms with E-state index >= 15 is 0 Å². The molecule has 2 aromatic carbocycles. The monoisotopic (exact) mass is 469 g/mol. The van der Waals surface area contributed by atoms with Crippen LogP contribution in [0.3, 0.4) is 0 Å². The highest BCUT2D eigenvalue weighted by Crippen LogP contribution is 2.26. The second kappa shape index (κ2) is 8.86. The minimum absolute atomic E-state index is 0.0944. The highest BCUT2D eigenvalue weighted by molar-refractivity contribution is 7.99. The number of aryl methyl sites for hydroxylation is 3. The summed E-state index contributed by atoms with van der Waals surface area (Å²) in [4.78, 5) is 30.4. The number of thiophene rings is 1. The topological polar surface area (TPSA) is 64.0 Å². The summed E-state index contributed by atoms with van der Waals surface area (Å²) in [5.74, 6) is -0.126. The number of carbonyl (C=O) groups is 1. The van der Waals surface area contributed by atoms with Crippen molar-refractivity contribution in [1.82, 2.24) is 9.55 Å². The molecule has 1 N–H and O–H groups in total. The molecule has 0 radical (unpaired) electrons. The highest BCUT2D eigenvalue weighted by atomic mass is 35.5. The normalized spacial score (nSPS) is 11.1. The van der Waals surface area contributed by atoms with Crippen molar-refractivity contribution in [3.05, 3.63) is 79.9 Å². The third-order valence-electron chi connectivity index (χ3n) is 4.93. The van der Waals surface area contributed by atoms with Crippen LogP contribution in [-0.2, 0) is 4.79 Å². The molecule has 0 aliphatic heterocycles. The summed E-state index contributed by atoms with van der Waals surface area (Å²) in [5.41, 5.74) is 5.05. The van der Waals surface area contributed by atoms with Gasteiger partial charge in [-0.1, -0.05) is 35.5 Å². The van der Waals surface area contributed by atoms with E-state index in [0.717, 1.165) is 22.4 Å². The standard InChI is InChI=1S/C23H20ClN3O2S2/c1-13-4-7-18(17(24)10-13)25-20(28)12-31-23-26-19-8-9-30-21(19)22(29)27(23)16-6-5-14(2)15(3)11-16/h4-11H,12H2,1-3H3,(H,25,28). The molecule has 2 heterocycles. The van der Waals surface area contributed by atoms with Crippen molar-refractivity contribution in [2.24, 2.45) is 0 Å². The maximum atomic E-state index is 13.2. The minimum atomic E-state index is -0.220. The Morgan fingerprint density at radius 2 is 1.94 bits per heavy atom. The van der Waals surface area contributed by atoms with Gasteiger partial charge in [0.25, 0.3) is 5.56 Å². The predicted octanol–water partition coefficient (Wildman–Crippen LogP) is 5.76. The van der Waals surface area contributed by atoms with Crippen molar-refractivity contribution in [3.8, 4) is 5.69 Å². The molecule has 158 valence electrons. The van der Waals surface area contributed by atoms with Crippen LogP contribution >= 0.6 is 34.7 Å². The summed E-state index contributed by atoms with van der Waals surface area (Å²) < 4.78 is 2.18. The smallest absolute Gasteiger partial charge is 0.276 e. The molecular weight excluding hydrogens is 450 g/mol. The summed E-state index contributed by atoms with van der Waals surface area (Å²) in [7, 11) is 0. The van der Waals surface area contributed by atoms with Crippen molar-refractivity contribution in [2.45, 2.75) is 25.9 Å². The number of benzene rings is 2. The second-order valence-electron chi connectivity index (χ2n) is 7.26. The Balaban J connectivity index is 1.65. The number of carbonyl (C=O) groups excluding carboxylic acids is 1. The van der Waals surface area contributed by atoms with Gasteiger partial charge in [0.2, 0.25) is 5.91 Å². The van der Waals surface area contributed by atoms with E-state index in [-0.39, 0.29) is 17.2 Å². The zero-order valence-corrected chi connectivity index (χ0v) is 19.6. The lowest BCUT2D eigenvalue weighted by atomic mass is 10.1. The van der Waals surface area contributed by atoms with Crippen LogP contribution in [0.25, 0.3) is 15.9 Å². The van der Waals surface area contributed by atoms with Crippen LogP contribution in [0.4, 0.5) is 5.69 Å². The van der Waals surface area contributed by atoms with Crippen molar-refractivity contribution in [2.75, 3.05) is 11.1 Å². The highest BCUT2D eigenvalue weighted by Gasteiger charge is 2.16. The largest absolute Gasteiger partial charge is 0.324 e. The summed E-state index contributed by atoms with van der Waals surface area (Å²) in [6, 6.07) is 13.1. The van der Waals surface area contributed by atoms with Gasteiger partial charge in [-0.15, -0.1) is 11.3 Å². The summed E-state index contributed by atoms with van der Waals surface area (Å²) in [5, 5.41) is 5.64. The Kier molecular flexibility index (Phi) is 6.18. The first-order valence-corrected chi connectivity index (χ1v) is 11.8. The van der Waals surface area contributed by atoms with Gasteiger partial charge < -0.3 is 5.32 Å². The number of hydrogen-bond donors (Lipinski definition) is 1. The fourth-order valence-corrected chi connectivity index (χ4v) is 4.97. The van der Waals surface area contributed by atoms with Crippen molar-refractivity contribution < 1.29 is 4.79 Å². The van der Waals surface area contributed by atoms with Gasteiger partial charge in [0.15, 0.2) is 5.16 Å². The lowest BCUT2D eigenvalue weighted by Gasteiger charge is -2.13. The van der Waals surface area contributed by atoms with Gasteiger partial charge in [0.05, 0.1) is 27.7 Å². The molecule has 4 rings (SSSR count). The van der Waals surface area contributed by atoms with E-state index in [9.17, 15) is 9.59 Å². The molecule has 8 heteroatoms. The lowest BCUT2D eigenvalue weighted by molar-refractivity contribution is -0.113. The zero-order chi connectivity index (χ0) is 22.1. The molecule has 0 saturated heterocycles. The molecule has 2 aromatic heterocycles. The number of nitrogens with zero attached hydrogens (tertiary/aromatic N) is 2. The number of amides is 1. The summed E-state index contributed by atoms with van der Waals surface area (Å²) >= 11 is 8.81. The van der Waals surface area contributed by atoms with Crippen LogP contribution in [0, 0.1) is 20.8 Å². The molecule has 1 amide bonds. The van der Waals surface area contributed by atoms with Crippen molar-refractivity contribution in [1.29, 1.82) is 0 Å². The number of fused-ring (bicyclic) bond motifs is 1. The van der Waals surface area contributed by atoms with Crippen molar-refractivity contribution in [3.63, 3.8) is 0 Å². The maximum Gasteiger partial charge on any atom is 0.276 e. The van der Waals surface area contributed by atoms with E-state index < -0.39 is 0 Å². The number of thioether (sulfide) groups is 1. The SMILES string of the molecule is Cc1ccc(NC(=O)CSc2nc3ccsc3c(=O)n2-c2ccc(C)c(C)c2)c(Cl)c1. The minimum Gasteiger partial charge on any atom is -0.324 e. The molecule has 0 saturated carbocycles. The first kappa shape index (κ1) is 21.6. The third kappa shape index (κ3) is 4.54. The zero-order valence-electron chi connectivity index (χ0n) is 17.2. The Hall–Kier alpha value is -2.61. The summed E-state index contributed by atoms with van der Waals surface area (Å²) in [6.07, 6.45) is 0. The number of aromatic nitrogens is 2. The van der Waals surface area contributed by atoms with Gasteiger partial charge in [-0.25, -0.2) is 4.98 Å². The molecule has 0 fully saturated rings. The average Bonchev–Trinajstić information content (AvgIpc) is 3.20. The molecule has 4 aromatic rings. The van der Waals surface area contributed by atoms with Crippen LogP contribution in [-0.4, -0.2) is 21.2 Å². The molecule has 0 bridgehead atoms. The fourth-order valence-electron chi connectivity index (χ4n) is 3.12. The molecule has 31 heavy (non-hydrogen) atoms. The van der Waals surface area contributed by atoms with E-state index in [1.807, 2.05) is 56.5 Å². The van der Waals surface area contributed by atoms with Crippen LogP contribution < -0.4 is 10.9 Å². The van der Waals surface area contributed by atoms with E-state index in [4.69, 9.17) is 11.6 Å². The van der Waals surface area contributed by atoms with Gasteiger partial charge >= 0.3 is 0 Å². The molecule has 0 spiro atoms. The molecule has 0 aliphatic rings. The van der Waals surface area contributed by atoms with E-state index in [2.05, 4.69) is 10.3 Å². The molecule has 0 atom stereocenters. The lowest BCUT2D eigenvalue weighted by Crippen LogP contribution is -2.22. The van der Waals surface area contributed by atoms with E-state index in [0.29, 0.717) is 26.1 Å². The second-order valence-corrected chi connectivity index (χ2v) is 9.52. The Labute approximate surface area is 193 Å². The fraction of sp³-hybridized carbons (Fsp3) is 0.174. The Morgan fingerprint density at radius 3 is 2.68 bits per heavy atom. The van der Waals surface area contributed by atoms with Crippen LogP contribution in [0.2, 0.25) is 5.02 Å². The van der Waals surface area contributed by atoms with Crippen molar-refractivity contribution >= 4 is 56.5 Å². The number of rotatable bonds is 5. The molecule has 5 nitrogen and oxygen atoms in total. The van der Waals surface area contributed by atoms with E-state index in [1.165, 1.54) is 23.1 Å². The molecular formula is C23H20ClN3O2S2. The Morgan fingerprint density at radius 1 is 1.13 bits per heavy atom. The van der Waals surface area contributed by atoms with Crippen LogP contribution in [0.1, 0.15) is 16.7 Å². The Bertz CT molecular complexity index is 1360. The quantitative estimate of drug-likeness (QED) is 0.298. The molecule has 0 unspecified atom stereocenters.